The Kier molecular flexibility index (Phi) is 3.84. The van der Waals surface area contributed by atoms with Crippen molar-refractivity contribution in [2.24, 2.45) is 0 Å². The van der Waals surface area contributed by atoms with Crippen molar-refractivity contribution in [3.8, 4) is 5.75 Å². The van der Waals surface area contributed by atoms with Gasteiger partial charge in [-0.1, -0.05) is 0 Å². The van der Waals surface area contributed by atoms with Crippen LogP contribution in [0.1, 0.15) is 17.2 Å². The van der Waals surface area contributed by atoms with Gasteiger partial charge in [0.1, 0.15) is 17.9 Å². The van der Waals surface area contributed by atoms with Crippen LogP contribution >= 0.6 is 0 Å². The molecule has 4 nitrogen and oxygen atoms in total. The van der Waals surface area contributed by atoms with Crippen LogP contribution < -0.4 is 10.1 Å². The number of rotatable bonds is 4. The third kappa shape index (κ3) is 2.46. The van der Waals surface area contributed by atoms with Gasteiger partial charge >= 0.3 is 0 Å². The van der Waals surface area contributed by atoms with E-state index in [2.05, 4.69) is 15.3 Å². The number of halogens is 1. The third-order valence-electron chi connectivity index (χ3n) is 2.71. The first-order valence-electron chi connectivity index (χ1n) is 5.52. The molecule has 0 amide bonds. The van der Waals surface area contributed by atoms with Crippen LogP contribution in [-0.4, -0.2) is 24.1 Å². The van der Waals surface area contributed by atoms with Crippen molar-refractivity contribution in [1.29, 1.82) is 0 Å². The minimum absolute atomic E-state index is 0.211. The van der Waals surface area contributed by atoms with Gasteiger partial charge in [-0.25, -0.2) is 14.4 Å². The zero-order valence-electron chi connectivity index (χ0n) is 10.2. The van der Waals surface area contributed by atoms with Crippen LogP contribution in [0.25, 0.3) is 0 Å². The first-order valence-corrected chi connectivity index (χ1v) is 5.52. The number of hydrogen-bond donors (Lipinski definition) is 1. The summed E-state index contributed by atoms with van der Waals surface area (Å²) in [6.07, 6.45) is 4.84. The fourth-order valence-electron chi connectivity index (χ4n) is 1.89. The Hall–Kier alpha value is -2.01. The highest BCUT2D eigenvalue weighted by molar-refractivity contribution is 5.40. The van der Waals surface area contributed by atoms with E-state index in [0.29, 0.717) is 5.75 Å². The number of ether oxygens (including phenoxy) is 1. The van der Waals surface area contributed by atoms with Crippen LogP contribution in [0.4, 0.5) is 4.39 Å². The highest BCUT2D eigenvalue weighted by Gasteiger charge is 2.17. The van der Waals surface area contributed by atoms with Crippen molar-refractivity contribution in [1.82, 2.24) is 15.3 Å². The van der Waals surface area contributed by atoms with Crippen LogP contribution in [0.15, 0.2) is 36.9 Å². The molecule has 0 bridgehead atoms. The maximum Gasteiger partial charge on any atom is 0.124 e. The van der Waals surface area contributed by atoms with E-state index in [4.69, 9.17) is 4.74 Å². The van der Waals surface area contributed by atoms with E-state index in [1.54, 1.807) is 32.6 Å². The maximum atomic E-state index is 13.4. The van der Waals surface area contributed by atoms with Gasteiger partial charge in [-0.05, 0) is 25.2 Å². The number of methoxy groups -OCH3 is 1. The summed E-state index contributed by atoms with van der Waals surface area (Å²) >= 11 is 0. The van der Waals surface area contributed by atoms with Crippen molar-refractivity contribution in [3.05, 3.63) is 53.9 Å². The number of benzene rings is 1. The lowest BCUT2D eigenvalue weighted by molar-refractivity contribution is 0.403. The number of nitrogens with one attached hydrogen (secondary N) is 1. The van der Waals surface area contributed by atoms with Gasteiger partial charge in [0.15, 0.2) is 0 Å². The average Bonchev–Trinajstić information content (AvgIpc) is 2.41. The molecule has 2 rings (SSSR count). The maximum absolute atomic E-state index is 13.4. The fraction of sp³-hybridized carbons (Fsp3) is 0.231. The van der Waals surface area contributed by atoms with E-state index in [1.807, 2.05) is 0 Å². The summed E-state index contributed by atoms with van der Waals surface area (Å²) < 4.78 is 18.6. The quantitative estimate of drug-likeness (QED) is 0.896. The van der Waals surface area contributed by atoms with Gasteiger partial charge in [-0.15, -0.1) is 0 Å². The summed E-state index contributed by atoms with van der Waals surface area (Å²) in [6, 6.07) is 4.22. The van der Waals surface area contributed by atoms with E-state index in [1.165, 1.54) is 18.5 Å². The highest BCUT2D eigenvalue weighted by atomic mass is 19.1. The smallest absolute Gasteiger partial charge is 0.124 e. The van der Waals surface area contributed by atoms with E-state index in [9.17, 15) is 4.39 Å². The zero-order valence-corrected chi connectivity index (χ0v) is 10.2. The largest absolute Gasteiger partial charge is 0.496 e. The molecule has 5 heteroatoms. The van der Waals surface area contributed by atoms with E-state index in [0.717, 1.165) is 11.1 Å². The molecule has 1 heterocycles. The molecule has 0 radical (unpaired) electrons. The predicted molar refractivity (Wildman–Crippen MR) is 65.9 cm³/mol. The minimum atomic E-state index is -0.303. The van der Waals surface area contributed by atoms with Gasteiger partial charge < -0.3 is 10.1 Å². The molecule has 0 spiro atoms. The van der Waals surface area contributed by atoms with Gasteiger partial charge in [0.2, 0.25) is 0 Å². The topological polar surface area (TPSA) is 47.0 Å². The van der Waals surface area contributed by atoms with Crippen LogP contribution in [-0.2, 0) is 0 Å². The van der Waals surface area contributed by atoms with Gasteiger partial charge in [-0.2, -0.15) is 0 Å². The van der Waals surface area contributed by atoms with Crippen molar-refractivity contribution in [3.63, 3.8) is 0 Å². The van der Waals surface area contributed by atoms with E-state index in [-0.39, 0.29) is 11.9 Å². The Morgan fingerprint density at radius 2 is 2.00 bits per heavy atom. The molecule has 0 aliphatic rings. The van der Waals surface area contributed by atoms with Crippen LogP contribution in [0.5, 0.6) is 5.75 Å². The molecule has 2 aromatic rings. The summed E-state index contributed by atoms with van der Waals surface area (Å²) in [5.74, 6) is 0.322. The molecule has 1 aromatic heterocycles. The Balaban J connectivity index is 2.48. The Labute approximate surface area is 105 Å². The Morgan fingerprint density at radius 3 is 2.61 bits per heavy atom. The monoisotopic (exact) mass is 247 g/mol. The lowest BCUT2D eigenvalue weighted by Gasteiger charge is -2.19. The third-order valence-corrected chi connectivity index (χ3v) is 2.71. The van der Waals surface area contributed by atoms with Gasteiger partial charge in [0.25, 0.3) is 0 Å². The van der Waals surface area contributed by atoms with Crippen molar-refractivity contribution in [2.75, 3.05) is 14.2 Å². The summed E-state index contributed by atoms with van der Waals surface area (Å²) in [7, 11) is 3.35. The SMILES string of the molecule is CNC(c1cncnc1)c1cc(F)ccc1OC. The van der Waals surface area contributed by atoms with E-state index >= 15 is 0 Å². The first kappa shape index (κ1) is 12.4. The van der Waals surface area contributed by atoms with Crippen molar-refractivity contribution in [2.45, 2.75) is 6.04 Å². The molecule has 0 saturated heterocycles. The second-order valence-corrected chi connectivity index (χ2v) is 3.78. The standard InChI is InChI=1S/C13H14FN3O/c1-15-13(9-6-16-8-17-7-9)11-5-10(14)3-4-12(11)18-2/h3-8,13,15H,1-2H3. The Morgan fingerprint density at radius 1 is 1.28 bits per heavy atom. The lowest BCUT2D eigenvalue weighted by Crippen LogP contribution is -2.19. The lowest BCUT2D eigenvalue weighted by atomic mass is 10.0. The highest BCUT2D eigenvalue weighted by Crippen LogP contribution is 2.29. The molecule has 18 heavy (non-hydrogen) atoms. The molecule has 94 valence electrons. The summed E-state index contributed by atoms with van der Waals surface area (Å²) in [6.45, 7) is 0. The molecule has 1 N–H and O–H groups in total. The minimum Gasteiger partial charge on any atom is -0.496 e. The predicted octanol–water partition coefficient (Wildman–Crippen LogP) is 1.93. The summed E-state index contributed by atoms with van der Waals surface area (Å²) in [5.41, 5.74) is 1.57. The molecular weight excluding hydrogens is 233 g/mol. The van der Waals surface area contributed by atoms with Crippen LogP contribution in [0.3, 0.4) is 0 Å². The number of hydrogen-bond acceptors (Lipinski definition) is 4. The van der Waals surface area contributed by atoms with Gasteiger partial charge in [0, 0.05) is 23.5 Å². The fourth-order valence-corrected chi connectivity index (χ4v) is 1.89. The summed E-state index contributed by atoms with van der Waals surface area (Å²) in [4.78, 5) is 7.94. The number of aromatic nitrogens is 2. The molecule has 0 aliphatic carbocycles. The van der Waals surface area contributed by atoms with Gasteiger partial charge in [0.05, 0.1) is 13.2 Å². The molecule has 1 unspecified atom stereocenters. The van der Waals surface area contributed by atoms with Crippen LogP contribution in [0.2, 0.25) is 0 Å². The molecule has 1 atom stereocenters. The average molecular weight is 247 g/mol. The first-order chi connectivity index (χ1) is 8.76. The summed E-state index contributed by atoms with van der Waals surface area (Å²) in [5, 5.41) is 3.11. The normalized spacial score (nSPS) is 12.2. The molecule has 0 aliphatic heterocycles. The second-order valence-electron chi connectivity index (χ2n) is 3.78. The molecule has 0 fully saturated rings. The van der Waals surface area contributed by atoms with Crippen LogP contribution in [0, 0.1) is 5.82 Å². The zero-order chi connectivity index (χ0) is 13.0. The number of nitrogens with zero attached hydrogens (tertiary/aromatic N) is 2. The molecule has 0 saturated carbocycles. The molecule has 1 aromatic carbocycles. The van der Waals surface area contributed by atoms with Crippen molar-refractivity contribution < 1.29 is 9.13 Å². The second kappa shape index (κ2) is 5.55. The Bertz CT molecular complexity index is 519. The molecular formula is C13H14FN3O. The van der Waals surface area contributed by atoms with E-state index < -0.39 is 0 Å². The van der Waals surface area contributed by atoms with Crippen molar-refractivity contribution >= 4 is 0 Å². The van der Waals surface area contributed by atoms with Gasteiger partial charge in [-0.3, -0.25) is 0 Å².